The number of rotatable bonds is 2. The van der Waals surface area contributed by atoms with E-state index in [0.717, 1.165) is 24.1 Å². The Bertz CT molecular complexity index is 652. The number of likely N-dealkylation sites (N-methyl/N-ethyl adjacent to an activating group) is 1. The van der Waals surface area contributed by atoms with Crippen molar-refractivity contribution < 1.29 is 0 Å². The van der Waals surface area contributed by atoms with Gasteiger partial charge in [0.1, 0.15) is 0 Å². The van der Waals surface area contributed by atoms with Crippen LogP contribution < -0.4 is 5.73 Å². The van der Waals surface area contributed by atoms with E-state index in [4.69, 9.17) is 11.0 Å². The summed E-state index contributed by atoms with van der Waals surface area (Å²) in [6.07, 6.45) is 2.42. The van der Waals surface area contributed by atoms with E-state index >= 15 is 0 Å². The third-order valence-electron chi connectivity index (χ3n) is 3.97. The monoisotopic (exact) mass is 255 g/mol. The number of nitrogen functional groups attached to an aromatic ring is 1. The van der Waals surface area contributed by atoms with Gasteiger partial charge in [0.25, 0.3) is 0 Å². The Balaban J connectivity index is 2.02. The van der Waals surface area contributed by atoms with Gasteiger partial charge < -0.3 is 15.2 Å². The van der Waals surface area contributed by atoms with Crippen molar-refractivity contribution in [1.82, 2.24) is 14.5 Å². The molecule has 2 N–H and O–H groups in total. The molecule has 0 radical (unpaired) electrons. The van der Waals surface area contributed by atoms with Gasteiger partial charge in [-0.05, 0) is 44.6 Å². The van der Waals surface area contributed by atoms with Gasteiger partial charge >= 0.3 is 0 Å². The summed E-state index contributed by atoms with van der Waals surface area (Å²) >= 11 is 0. The lowest BCUT2D eigenvalue weighted by molar-refractivity contribution is 0.285. The van der Waals surface area contributed by atoms with Crippen LogP contribution in [0.2, 0.25) is 0 Å². The number of hydrogen-bond acceptors (Lipinski definition) is 4. The first-order valence-electron chi connectivity index (χ1n) is 6.55. The van der Waals surface area contributed by atoms with Crippen LogP contribution in [0, 0.1) is 11.3 Å². The number of anilines is 1. The highest BCUT2D eigenvalue weighted by atomic mass is 15.2. The van der Waals surface area contributed by atoms with Crippen molar-refractivity contribution in [3.05, 3.63) is 23.8 Å². The lowest BCUT2D eigenvalue weighted by Crippen LogP contribution is -2.29. The van der Waals surface area contributed by atoms with Crippen molar-refractivity contribution in [3.63, 3.8) is 0 Å². The molecule has 0 saturated carbocycles. The maximum atomic E-state index is 9.00. The molecule has 5 nitrogen and oxygen atoms in total. The minimum atomic E-state index is 0.505. The van der Waals surface area contributed by atoms with E-state index in [-0.39, 0.29) is 0 Å². The second-order valence-corrected chi connectivity index (χ2v) is 5.17. The summed E-state index contributed by atoms with van der Waals surface area (Å²) in [4.78, 5) is 6.73. The molecule has 1 fully saturated rings. The molecule has 1 saturated heterocycles. The fourth-order valence-electron chi connectivity index (χ4n) is 2.82. The van der Waals surface area contributed by atoms with Crippen LogP contribution in [-0.4, -0.2) is 34.1 Å². The number of hydrogen-bond donors (Lipinski definition) is 1. The molecule has 3 rings (SSSR count). The summed E-state index contributed by atoms with van der Waals surface area (Å²) in [6, 6.07) is 8.18. The lowest BCUT2D eigenvalue weighted by Gasteiger charge is -2.20. The van der Waals surface area contributed by atoms with Crippen LogP contribution in [0.15, 0.2) is 18.2 Å². The summed E-state index contributed by atoms with van der Waals surface area (Å²) in [7, 11) is 2.15. The van der Waals surface area contributed by atoms with Crippen LogP contribution in [0.25, 0.3) is 11.0 Å². The molecule has 1 atom stereocenters. The molecular formula is C14H17N5. The molecule has 2 heterocycles. The third-order valence-corrected chi connectivity index (χ3v) is 3.97. The quantitative estimate of drug-likeness (QED) is 0.884. The number of nitrogens with two attached hydrogens (primary N) is 1. The number of likely N-dealkylation sites (tertiary alicyclic amines) is 1. The topological polar surface area (TPSA) is 70.9 Å². The molecule has 1 aliphatic rings. The van der Waals surface area contributed by atoms with Crippen LogP contribution in [0.1, 0.15) is 18.4 Å². The zero-order valence-electron chi connectivity index (χ0n) is 11.0. The first kappa shape index (κ1) is 12.0. The van der Waals surface area contributed by atoms with E-state index < -0.39 is 0 Å². The van der Waals surface area contributed by atoms with Crippen LogP contribution in [0.3, 0.4) is 0 Å². The van der Waals surface area contributed by atoms with Gasteiger partial charge in [0.05, 0.1) is 22.7 Å². The van der Waals surface area contributed by atoms with E-state index in [2.05, 4.69) is 23.0 Å². The van der Waals surface area contributed by atoms with Crippen molar-refractivity contribution in [2.75, 3.05) is 19.3 Å². The van der Waals surface area contributed by atoms with Crippen LogP contribution in [-0.2, 0) is 6.54 Å². The van der Waals surface area contributed by atoms with Crippen molar-refractivity contribution in [2.24, 2.45) is 0 Å². The summed E-state index contributed by atoms with van der Waals surface area (Å²) < 4.78 is 2.03. The van der Waals surface area contributed by atoms with Gasteiger partial charge in [-0.25, -0.2) is 4.98 Å². The Morgan fingerprint density at radius 1 is 1.53 bits per heavy atom. The number of fused-ring (bicyclic) bond motifs is 1. The molecule has 1 aliphatic heterocycles. The van der Waals surface area contributed by atoms with E-state index in [0.29, 0.717) is 17.6 Å². The molecular weight excluding hydrogens is 238 g/mol. The summed E-state index contributed by atoms with van der Waals surface area (Å²) in [6.45, 7) is 1.98. The predicted molar refractivity (Wildman–Crippen MR) is 74.5 cm³/mol. The maximum Gasteiger partial charge on any atom is 0.201 e. The van der Waals surface area contributed by atoms with Gasteiger partial charge in [-0.15, -0.1) is 0 Å². The largest absolute Gasteiger partial charge is 0.369 e. The van der Waals surface area contributed by atoms with Crippen LogP contribution in [0.5, 0.6) is 0 Å². The van der Waals surface area contributed by atoms with E-state index in [1.54, 1.807) is 6.07 Å². The van der Waals surface area contributed by atoms with Gasteiger partial charge in [0, 0.05) is 12.6 Å². The molecule has 0 amide bonds. The molecule has 1 aromatic heterocycles. The Morgan fingerprint density at radius 2 is 2.37 bits per heavy atom. The number of nitrogens with zero attached hydrogens (tertiary/aromatic N) is 4. The second kappa shape index (κ2) is 4.56. The Hall–Kier alpha value is -2.06. The predicted octanol–water partition coefficient (Wildman–Crippen LogP) is 1.58. The lowest BCUT2D eigenvalue weighted by atomic mass is 10.2. The highest BCUT2D eigenvalue weighted by Crippen LogP contribution is 2.23. The van der Waals surface area contributed by atoms with Gasteiger partial charge in [0.2, 0.25) is 5.95 Å². The smallest absolute Gasteiger partial charge is 0.201 e. The fraction of sp³-hybridized carbons (Fsp3) is 0.429. The zero-order valence-corrected chi connectivity index (χ0v) is 11.0. The number of aromatic nitrogens is 2. The van der Waals surface area contributed by atoms with Crippen LogP contribution >= 0.6 is 0 Å². The summed E-state index contributed by atoms with van der Waals surface area (Å²) in [5.41, 5.74) is 8.48. The third kappa shape index (κ3) is 2.04. The standard InChI is InChI=1S/C14H17N5/c1-18-6-2-3-11(18)9-19-13-7-10(8-15)4-5-12(13)17-14(19)16/h4-5,7,11H,2-3,6,9H2,1H3,(H2,16,17). The summed E-state index contributed by atoms with van der Waals surface area (Å²) in [5.74, 6) is 0.533. The van der Waals surface area contributed by atoms with Gasteiger partial charge in [-0.2, -0.15) is 5.26 Å². The highest BCUT2D eigenvalue weighted by molar-refractivity contribution is 5.79. The number of nitriles is 1. The Labute approximate surface area is 112 Å². The van der Waals surface area contributed by atoms with Crippen LogP contribution in [0.4, 0.5) is 5.95 Å². The number of imidazole rings is 1. The van der Waals surface area contributed by atoms with Gasteiger partial charge in [-0.3, -0.25) is 0 Å². The summed E-state index contributed by atoms with van der Waals surface area (Å²) in [5, 5.41) is 9.00. The zero-order chi connectivity index (χ0) is 13.4. The molecule has 0 spiro atoms. The average Bonchev–Trinajstić information content (AvgIpc) is 2.94. The first-order valence-corrected chi connectivity index (χ1v) is 6.55. The normalized spacial score (nSPS) is 19.9. The van der Waals surface area contributed by atoms with Crippen molar-refractivity contribution >= 4 is 17.0 Å². The molecule has 19 heavy (non-hydrogen) atoms. The van der Waals surface area contributed by atoms with Gasteiger partial charge in [-0.1, -0.05) is 0 Å². The molecule has 5 heteroatoms. The molecule has 98 valence electrons. The van der Waals surface area contributed by atoms with Crippen molar-refractivity contribution in [3.8, 4) is 6.07 Å². The Kier molecular flexibility index (Phi) is 2.88. The number of benzene rings is 1. The minimum Gasteiger partial charge on any atom is -0.369 e. The van der Waals surface area contributed by atoms with Gasteiger partial charge in [0.15, 0.2) is 0 Å². The Morgan fingerprint density at radius 3 is 3.05 bits per heavy atom. The first-order chi connectivity index (χ1) is 9.19. The van der Waals surface area contributed by atoms with Crippen molar-refractivity contribution in [2.45, 2.75) is 25.4 Å². The molecule has 0 bridgehead atoms. The average molecular weight is 255 g/mol. The molecule has 1 aromatic carbocycles. The fourth-order valence-corrected chi connectivity index (χ4v) is 2.82. The molecule has 1 unspecified atom stereocenters. The van der Waals surface area contributed by atoms with E-state index in [1.807, 2.05) is 16.7 Å². The SMILES string of the molecule is CN1CCCC1Cn1c(N)nc2ccc(C#N)cc21. The van der Waals surface area contributed by atoms with E-state index in [9.17, 15) is 0 Å². The highest BCUT2D eigenvalue weighted by Gasteiger charge is 2.22. The van der Waals surface area contributed by atoms with E-state index in [1.165, 1.54) is 12.8 Å². The molecule has 2 aromatic rings. The maximum absolute atomic E-state index is 9.00. The van der Waals surface area contributed by atoms with Crippen molar-refractivity contribution in [1.29, 1.82) is 5.26 Å². The second-order valence-electron chi connectivity index (χ2n) is 5.17. The molecule has 0 aliphatic carbocycles. The minimum absolute atomic E-state index is 0.505.